The van der Waals surface area contributed by atoms with E-state index < -0.39 is 0 Å². The highest BCUT2D eigenvalue weighted by Gasteiger charge is 2.06. The van der Waals surface area contributed by atoms with Gasteiger partial charge in [0.2, 0.25) is 5.88 Å². The summed E-state index contributed by atoms with van der Waals surface area (Å²) in [5.41, 5.74) is 0. The quantitative estimate of drug-likeness (QED) is 0.895. The summed E-state index contributed by atoms with van der Waals surface area (Å²) in [6.45, 7) is 4.30. The SMILES string of the molecule is COc1cccc(NC(C)Cc2ccc(C)s2)n1. The number of nitrogens with one attached hydrogen (secondary N) is 1. The third-order valence-corrected chi connectivity index (χ3v) is 3.65. The van der Waals surface area contributed by atoms with E-state index in [2.05, 4.69) is 36.3 Å². The van der Waals surface area contributed by atoms with Gasteiger partial charge in [-0.2, -0.15) is 4.98 Å². The first-order chi connectivity index (χ1) is 8.67. The van der Waals surface area contributed by atoms with E-state index in [4.69, 9.17) is 4.74 Å². The topological polar surface area (TPSA) is 34.1 Å². The van der Waals surface area contributed by atoms with Crippen molar-refractivity contribution in [2.24, 2.45) is 0 Å². The van der Waals surface area contributed by atoms with Crippen LogP contribution in [0.1, 0.15) is 16.7 Å². The number of aromatic nitrogens is 1. The molecule has 96 valence electrons. The van der Waals surface area contributed by atoms with Gasteiger partial charge in [-0.3, -0.25) is 0 Å². The maximum atomic E-state index is 5.11. The molecule has 0 bridgehead atoms. The van der Waals surface area contributed by atoms with Gasteiger partial charge in [-0.05, 0) is 32.0 Å². The number of methoxy groups -OCH3 is 1. The molecule has 2 aromatic rings. The minimum atomic E-state index is 0.350. The van der Waals surface area contributed by atoms with Gasteiger partial charge in [-0.1, -0.05) is 6.07 Å². The monoisotopic (exact) mass is 262 g/mol. The van der Waals surface area contributed by atoms with Crippen LogP contribution in [0.2, 0.25) is 0 Å². The maximum Gasteiger partial charge on any atom is 0.214 e. The Morgan fingerprint density at radius 1 is 1.33 bits per heavy atom. The van der Waals surface area contributed by atoms with Crippen LogP contribution in [0.25, 0.3) is 0 Å². The molecule has 0 amide bonds. The Morgan fingerprint density at radius 3 is 2.83 bits per heavy atom. The van der Waals surface area contributed by atoms with E-state index in [1.54, 1.807) is 7.11 Å². The molecule has 1 unspecified atom stereocenters. The summed E-state index contributed by atoms with van der Waals surface area (Å²) < 4.78 is 5.11. The zero-order chi connectivity index (χ0) is 13.0. The van der Waals surface area contributed by atoms with Crippen molar-refractivity contribution in [3.05, 3.63) is 40.1 Å². The molecular formula is C14H18N2OS. The van der Waals surface area contributed by atoms with Crippen LogP contribution in [0, 0.1) is 6.92 Å². The second-order valence-corrected chi connectivity index (χ2v) is 5.70. The van der Waals surface area contributed by atoms with Crippen molar-refractivity contribution in [2.45, 2.75) is 26.3 Å². The van der Waals surface area contributed by atoms with Crippen LogP contribution < -0.4 is 10.1 Å². The Labute approximate surface area is 112 Å². The summed E-state index contributed by atoms with van der Waals surface area (Å²) in [6, 6.07) is 10.4. The van der Waals surface area contributed by atoms with Crippen LogP contribution in [0.3, 0.4) is 0 Å². The standard InChI is InChI=1S/C14H18N2OS/c1-10(9-12-8-7-11(2)18-12)15-13-5-4-6-14(16-13)17-3/h4-8,10H,9H2,1-3H3,(H,15,16). The predicted molar refractivity (Wildman–Crippen MR) is 76.6 cm³/mol. The molecule has 0 aromatic carbocycles. The molecule has 4 heteroatoms. The summed E-state index contributed by atoms with van der Waals surface area (Å²) >= 11 is 1.85. The first-order valence-corrected chi connectivity index (χ1v) is 6.82. The molecule has 0 saturated heterocycles. The number of thiophene rings is 1. The van der Waals surface area contributed by atoms with Gasteiger partial charge in [0.05, 0.1) is 7.11 Å². The summed E-state index contributed by atoms with van der Waals surface area (Å²) in [5.74, 6) is 1.49. The molecule has 1 N–H and O–H groups in total. The fraction of sp³-hybridized carbons (Fsp3) is 0.357. The molecule has 18 heavy (non-hydrogen) atoms. The molecule has 0 fully saturated rings. The van der Waals surface area contributed by atoms with Gasteiger partial charge in [0.15, 0.2) is 0 Å². The number of ether oxygens (including phenoxy) is 1. The fourth-order valence-corrected chi connectivity index (χ4v) is 2.83. The van der Waals surface area contributed by atoms with Crippen LogP contribution in [0.15, 0.2) is 30.3 Å². The van der Waals surface area contributed by atoms with E-state index in [1.165, 1.54) is 9.75 Å². The Bertz CT molecular complexity index is 510. The first-order valence-electron chi connectivity index (χ1n) is 6.00. The molecule has 3 nitrogen and oxygen atoms in total. The highest BCUT2D eigenvalue weighted by atomic mass is 32.1. The average molecular weight is 262 g/mol. The number of nitrogens with zero attached hydrogens (tertiary/aromatic N) is 1. The van der Waals surface area contributed by atoms with Gasteiger partial charge in [-0.25, -0.2) is 0 Å². The van der Waals surface area contributed by atoms with Crippen molar-refractivity contribution in [1.82, 2.24) is 4.98 Å². The lowest BCUT2D eigenvalue weighted by Crippen LogP contribution is -2.18. The summed E-state index contributed by atoms with van der Waals surface area (Å²) in [7, 11) is 1.63. The largest absolute Gasteiger partial charge is 0.481 e. The van der Waals surface area contributed by atoms with Crippen LogP contribution >= 0.6 is 11.3 Å². The Balaban J connectivity index is 1.96. The predicted octanol–water partition coefficient (Wildman–Crippen LogP) is 3.50. The van der Waals surface area contributed by atoms with Gasteiger partial charge in [0, 0.05) is 28.3 Å². The lowest BCUT2D eigenvalue weighted by Gasteiger charge is -2.14. The van der Waals surface area contributed by atoms with Crippen molar-refractivity contribution in [3.8, 4) is 5.88 Å². The third-order valence-electron chi connectivity index (χ3n) is 2.63. The number of hydrogen-bond acceptors (Lipinski definition) is 4. The van der Waals surface area contributed by atoms with Crippen LogP contribution in [0.5, 0.6) is 5.88 Å². The van der Waals surface area contributed by atoms with Crippen LogP contribution in [0.4, 0.5) is 5.82 Å². The van der Waals surface area contributed by atoms with Gasteiger partial charge >= 0.3 is 0 Å². The Kier molecular flexibility index (Phi) is 4.20. The molecule has 0 radical (unpaired) electrons. The molecule has 2 rings (SSSR count). The molecule has 1 atom stereocenters. The minimum absolute atomic E-state index is 0.350. The zero-order valence-corrected chi connectivity index (χ0v) is 11.8. The zero-order valence-electron chi connectivity index (χ0n) is 10.9. The first kappa shape index (κ1) is 12.9. The highest BCUT2D eigenvalue weighted by Crippen LogP contribution is 2.18. The molecule has 0 aliphatic carbocycles. The normalized spacial score (nSPS) is 12.2. The Hall–Kier alpha value is -1.55. The fourth-order valence-electron chi connectivity index (χ4n) is 1.81. The average Bonchev–Trinajstić information content (AvgIpc) is 2.74. The van der Waals surface area contributed by atoms with Crippen LogP contribution in [-0.2, 0) is 6.42 Å². The van der Waals surface area contributed by atoms with E-state index >= 15 is 0 Å². The van der Waals surface area contributed by atoms with E-state index in [0.29, 0.717) is 11.9 Å². The lowest BCUT2D eigenvalue weighted by atomic mass is 10.2. The smallest absolute Gasteiger partial charge is 0.214 e. The number of aryl methyl sites for hydroxylation is 1. The molecule has 0 spiro atoms. The van der Waals surface area contributed by atoms with Crippen LogP contribution in [-0.4, -0.2) is 18.1 Å². The number of rotatable bonds is 5. The van der Waals surface area contributed by atoms with Crippen molar-refractivity contribution in [2.75, 3.05) is 12.4 Å². The minimum Gasteiger partial charge on any atom is -0.481 e. The van der Waals surface area contributed by atoms with E-state index in [1.807, 2.05) is 29.5 Å². The molecule has 2 aromatic heterocycles. The summed E-state index contributed by atoms with van der Waals surface area (Å²) in [6.07, 6.45) is 1.01. The van der Waals surface area contributed by atoms with Gasteiger partial charge < -0.3 is 10.1 Å². The molecule has 0 aliphatic heterocycles. The molecule has 2 heterocycles. The second kappa shape index (κ2) is 5.87. The van der Waals surface area contributed by atoms with Crippen molar-refractivity contribution in [1.29, 1.82) is 0 Å². The highest BCUT2D eigenvalue weighted by molar-refractivity contribution is 7.11. The second-order valence-electron chi connectivity index (χ2n) is 4.33. The molecule has 0 saturated carbocycles. The number of pyridine rings is 1. The number of hydrogen-bond donors (Lipinski definition) is 1. The van der Waals surface area contributed by atoms with E-state index in [9.17, 15) is 0 Å². The van der Waals surface area contributed by atoms with Crippen molar-refractivity contribution >= 4 is 17.2 Å². The van der Waals surface area contributed by atoms with Gasteiger partial charge in [0.25, 0.3) is 0 Å². The van der Waals surface area contributed by atoms with E-state index in [-0.39, 0.29) is 0 Å². The van der Waals surface area contributed by atoms with Gasteiger partial charge in [-0.15, -0.1) is 11.3 Å². The maximum absolute atomic E-state index is 5.11. The molecular weight excluding hydrogens is 244 g/mol. The summed E-state index contributed by atoms with van der Waals surface area (Å²) in [5, 5.41) is 3.39. The van der Waals surface area contributed by atoms with Crippen molar-refractivity contribution in [3.63, 3.8) is 0 Å². The van der Waals surface area contributed by atoms with Crippen molar-refractivity contribution < 1.29 is 4.74 Å². The summed E-state index contributed by atoms with van der Waals surface area (Å²) in [4.78, 5) is 7.10. The van der Waals surface area contributed by atoms with E-state index in [0.717, 1.165) is 12.2 Å². The Morgan fingerprint density at radius 2 is 2.17 bits per heavy atom. The molecule has 0 aliphatic rings. The number of anilines is 1. The lowest BCUT2D eigenvalue weighted by molar-refractivity contribution is 0.398. The third kappa shape index (κ3) is 3.47. The van der Waals surface area contributed by atoms with Gasteiger partial charge in [0.1, 0.15) is 5.82 Å².